The van der Waals surface area contributed by atoms with Crippen LogP contribution in [-0.4, -0.2) is 24.0 Å². The average Bonchev–Trinajstić information content (AvgIpc) is 2.55. The molecule has 1 N–H and O–H groups in total. The molecule has 0 aliphatic rings. The number of nitro groups is 1. The number of hydrogen-bond donors (Lipinski definition) is 1. The predicted octanol–water partition coefficient (Wildman–Crippen LogP) is 3.95. The Kier molecular flexibility index (Phi) is 3.80. The fourth-order valence-corrected chi connectivity index (χ4v) is 2.37. The van der Waals surface area contributed by atoms with E-state index >= 15 is 0 Å². The molecule has 0 atom stereocenters. The number of aromatic nitrogens is 1. The first-order chi connectivity index (χ1) is 11.0. The Hall–Kier alpha value is -3.15. The van der Waals surface area contributed by atoms with Gasteiger partial charge in [0.25, 0.3) is 5.69 Å². The van der Waals surface area contributed by atoms with Gasteiger partial charge in [0.15, 0.2) is 0 Å². The smallest absolute Gasteiger partial charge is 0.270 e. The second-order valence-corrected chi connectivity index (χ2v) is 5.39. The van der Waals surface area contributed by atoms with Gasteiger partial charge < -0.3 is 10.2 Å². The molecule has 0 aliphatic carbocycles. The van der Waals surface area contributed by atoms with Gasteiger partial charge in [0, 0.05) is 54.9 Å². The van der Waals surface area contributed by atoms with Gasteiger partial charge in [-0.25, -0.2) is 0 Å². The SMILES string of the molecule is CN(C)c1cccc(Nc2ccnc3ccc([N+](=O)[O-])cc23)c1. The number of hydrogen-bond acceptors (Lipinski definition) is 5. The lowest BCUT2D eigenvalue weighted by Crippen LogP contribution is -2.08. The largest absolute Gasteiger partial charge is 0.378 e. The highest BCUT2D eigenvalue weighted by molar-refractivity contribution is 5.94. The van der Waals surface area contributed by atoms with Crippen LogP contribution in [-0.2, 0) is 0 Å². The third kappa shape index (κ3) is 3.06. The van der Waals surface area contributed by atoms with E-state index in [2.05, 4.69) is 10.3 Å². The van der Waals surface area contributed by atoms with E-state index in [1.54, 1.807) is 18.3 Å². The molecule has 0 bridgehead atoms. The molecule has 0 amide bonds. The van der Waals surface area contributed by atoms with Crippen molar-refractivity contribution < 1.29 is 4.92 Å². The van der Waals surface area contributed by atoms with Gasteiger partial charge in [0.05, 0.1) is 10.4 Å². The van der Waals surface area contributed by atoms with Gasteiger partial charge in [0.2, 0.25) is 0 Å². The van der Waals surface area contributed by atoms with Crippen LogP contribution in [0, 0.1) is 10.1 Å². The van der Waals surface area contributed by atoms with Gasteiger partial charge in [0.1, 0.15) is 0 Å². The molecule has 116 valence electrons. The lowest BCUT2D eigenvalue weighted by Gasteiger charge is -2.15. The van der Waals surface area contributed by atoms with Crippen LogP contribution in [0.5, 0.6) is 0 Å². The van der Waals surface area contributed by atoms with E-state index in [9.17, 15) is 10.1 Å². The third-order valence-corrected chi connectivity index (χ3v) is 3.58. The first kappa shape index (κ1) is 14.8. The van der Waals surface area contributed by atoms with Gasteiger partial charge in [-0.3, -0.25) is 15.1 Å². The molecule has 0 saturated carbocycles. The number of nitrogens with one attached hydrogen (secondary N) is 1. The molecule has 0 saturated heterocycles. The molecule has 6 nitrogen and oxygen atoms in total. The average molecular weight is 308 g/mol. The quantitative estimate of drug-likeness (QED) is 0.583. The molecule has 3 rings (SSSR count). The van der Waals surface area contributed by atoms with Crippen molar-refractivity contribution in [3.05, 3.63) is 64.8 Å². The first-order valence-corrected chi connectivity index (χ1v) is 7.12. The highest BCUT2D eigenvalue weighted by Crippen LogP contribution is 2.29. The van der Waals surface area contributed by atoms with Crippen LogP contribution in [0.1, 0.15) is 0 Å². The molecule has 23 heavy (non-hydrogen) atoms. The van der Waals surface area contributed by atoms with E-state index in [1.165, 1.54) is 6.07 Å². The second-order valence-electron chi connectivity index (χ2n) is 5.39. The van der Waals surface area contributed by atoms with Crippen LogP contribution in [0.25, 0.3) is 10.9 Å². The number of benzene rings is 2. The highest BCUT2D eigenvalue weighted by Gasteiger charge is 2.10. The van der Waals surface area contributed by atoms with Crippen molar-refractivity contribution in [2.24, 2.45) is 0 Å². The second kappa shape index (κ2) is 5.92. The molecule has 0 unspecified atom stereocenters. The Labute approximate surface area is 133 Å². The summed E-state index contributed by atoms with van der Waals surface area (Å²) in [4.78, 5) is 16.9. The van der Waals surface area contributed by atoms with Crippen LogP contribution >= 0.6 is 0 Å². The number of non-ortho nitro benzene ring substituents is 1. The van der Waals surface area contributed by atoms with Gasteiger partial charge in [-0.05, 0) is 30.3 Å². The van der Waals surface area contributed by atoms with Crippen LogP contribution in [0.2, 0.25) is 0 Å². The molecule has 0 radical (unpaired) electrons. The molecule has 0 aliphatic heterocycles. The van der Waals surface area contributed by atoms with Crippen molar-refractivity contribution in [2.45, 2.75) is 0 Å². The number of nitrogens with zero attached hydrogens (tertiary/aromatic N) is 3. The third-order valence-electron chi connectivity index (χ3n) is 3.58. The predicted molar refractivity (Wildman–Crippen MR) is 92.4 cm³/mol. The Morgan fingerprint density at radius 1 is 1.13 bits per heavy atom. The van der Waals surface area contributed by atoms with Gasteiger partial charge in [-0.2, -0.15) is 0 Å². The van der Waals surface area contributed by atoms with Crippen LogP contribution in [0.3, 0.4) is 0 Å². The van der Waals surface area contributed by atoms with Crippen LogP contribution in [0.4, 0.5) is 22.7 Å². The molecule has 3 aromatic rings. The minimum Gasteiger partial charge on any atom is -0.378 e. The Bertz CT molecular complexity index is 877. The normalized spacial score (nSPS) is 10.5. The van der Waals surface area contributed by atoms with E-state index in [0.717, 1.165) is 22.4 Å². The van der Waals surface area contributed by atoms with E-state index < -0.39 is 4.92 Å². The molecule has 2 aromatic carbocycles. The topological polar surface area (TPSA) is 71.3 Å². The Balaban J connectivity index is 2.04. The van der Waals surface area contributed by atoms with Crippen LogP contribution < -0.4 is 10.2 Å². The van der Waals surface area contributed by atoms with Crippen molar-refractivity contribution in [2.75, 3.05) is 24.3 Å². The highest BCUT2D eigenvalue weighted by atomic mass is 16.6. The summed E-state index contributed by atoms with van der Waals surface area (Å²) in [5.74, 6) is 0. The fraction of sp³-hybridized carbons (Fsp3) is 0.118. The number of rotatable bonds is 4. The van der Waals surface area contributed by atoms with E-state index in [-0.39, 0.29) is 5.69 Å². The number of nitro benzene ring substituents is 1. The zero-order chi connectivity index (χ0) is 16.4. The molecular weight excluding hydrogens is 292 g/mol. The monoisotopic (exact) mass is 308 g/mol. The van der Waals surface area contributed by atoms with Crippen molar-refractivity contribution >= 4 is 33.7 Å². The van der Waals surface area contributed by atoms with Crippen molar-refractivity contribution in [3.8, 4) is 0 Å². The number of pyridine rings is 1. The first-order valence-electron chi connectivity index (χ1n) is 7.12. The molecular formula is C17H16N4O2. The maximum absolute atomic E-state index is 11.0. The number of fused-ring (bicyclic) bond motifs is 1. The summed E-state index contributed by atoms with van der Waals surface area (Å²) in [7, 11) is 3.95. The summed E-state index contributed by atoms with van der Waals surface area (Å²) in [5.41, 5.74) is 3.53. The summed E-state index contributed by atoms with van der Waals surface area (Å²) in [6.07, 6.45) is 1.69. The standard InChI is InChI=1S/C17H16N4O2/c1-20(2)13-5-3-4-12(10-13)19-17-8-9-18-16-7-6-14(21(22)23)11-15(16)17/h3-11H,1-2H3,(H,18,19). The lowest BCUT2D eigenvalue weighted by molar-refractivity contribution is -0.384. The Morgan fingerprint density at radius 2 is 1.96 bits per heavy atom. The summed E-state index contributed by atoms with van der Waals surface area (Å²) >= 11 is 0. The molecule has 6 heteroatoms. The maximum Gasteiger partial charge on any atom is 0.270 e. The van der Waals surface area contributed by atoms with Crippen molar-refractivity contribution in [3.63, 3.8) is 0 Å². The van der Waals surface area contributed by atoms with Gasteiger partial charge in [-0.15, -0.1) is 0 Å². The summed E-state index contributed by atoms with van der Waals surface area (Å²) in [6.45, 7) is 0. The lowest BCUT2D eigenvalue weighted by atomic mass is 10.1. The van der Waals surface area contributed by atoms with Crippen molar-refractivity contribution in [1.29, 1.82) is 0 Å². The van der Waals surface area contributed by atoms with E-state index in [4.69, 9.17) is 0 Å². The Morgan fingerprint density at radius 3 is 2.70 bits per heavy atom. The summed E-state index contributed by atoms with van der Waals surface area (Å²) < 4.78 is 0. The van der Waals surface area contributed by atoms with E-state index in [1.807, 2.05) is 49.3 Å². The number of anilines is 3. The van der Waals surface area contributed by atoms with Crippen LogP contribution in [0.15, 0.2) is 54.7 Å². The maximum atomic E-state index is 11.0. The molecule has 1 aromatic heterocycles. The van der Waals surface area contributed by atoms with Gasteiger partial charge >= 0.3 is 0 Å². The van der Waals surface area contributed by atoms with Gasteiger partial charge in [-0.1, -0.05) is 6.07 Å². The van der Waals surface area contributed by atoms with E-state index in [0.29, 0.717) is 5.52 Å². The zero-order valence-electron chi connectivity index (χ0n) is 12.9. The summed E-state index contributed by atoms with van der Waals surface area (Å²) in [6, 6.07) is 14.4. The molecule has 1 heterocycles. The minimum atomic E-state index is -0.400. The summed E-state index contributed by atoms with van der Waals surface area (Å²) in [5, 5.41) is 15.0. The molecule has 0 fully saturated rings. The fourth-order valence-electron chi connectivity index (χ4n) is 2.37. The zero-order valence-corrected chi connectivity index (χ0v) is 12.9. The molecule has 0 spiro atoms. The van der Waals surface area contributed by atoms with Crippen molar-refractivity contribution in [1.82, 2.24) is 4.98 Å². The minimum absolute atomic E-state index is 0.0515.